The Balaban J connectivity index is 1.69. The first-order valence-corrected chi connectivity index (χ1v) is 8.47. The minimum atomic E-state index is -0.111. The smallest absolute Gasteiger partial charge is 0.251 e. The highest BCUT2D eigenvalue weighted by Crippen LogP contribution is 2.28. The zero-order valence-electron chi connectivity index (χ0n) is 13.8. The van der Waals surface area contributed by atoms with Gasteiger partial charge in [0.1, 0.15) is 0 Å². The average Bonchev–Trinajstić information content (AvgIpc) is 3.10. The van der Waals surface area contributed by atoms with Crippen LogP contribution in [-0.2, 0) is 4.79 Å². The van der Waals surface area contributed by atoms with Crippen LogP contribution < -0.4 is 10.6 Å². The fourth-order valence-electron chi connectivity index (χ4n) is 3.02. The van der Waals surface area contributed by atoms with Crippen molar-refractivity contribution in [1.29, 1.82) is 0 Å². The fraction of sp³-hybridized carbons (Fsp3) is 0.474. The van der Waals surface area contributed by atoms with E-state index in [1.165, 1.54) is 32.1 Å². The average molecular weight is 314 g/mol. The summed E-state index contributed by atoms with van der Waals surface area (Å²) in [4.78, 5) is 23.2. The lowest BCUT2D eigenvalue weighted by atomic mass is 10.0. The van der Waals surface area contributed by atoms with E-state index < -0.39 is 0 Å². The van der Waals surface area contributed by atoms with Crippen molar-refractivity contribution in [3.05, 3.63) is 41.5 Å². The normalized spacial score (nSPS) is 15.0. The van der Waals surface area contributed by atoms with E-state index in [0.717, 1.165) is 24.4 Å². The van der Waals surface area contributed by atoms with Crippen LogP contribution in [0.4, 0.5) is 0 Å². The fourth-order valence-corrected chi connectivity index (χ4v) is 3.02. The summed E-state index contributed by atoms with van der Waals surface area (Å²) in [6.45, 7) is 0.745. The number of hydrogen-bond acceptors (Lipinski definition) is 2. The summed E-state index contributed by atoms with van der Waals surface area (Å²) >= 11 is 0. The molecule has 2 rings (SSSR count). The second-order valence-corrected chi connectivity index (χ2v) is 6.12. The van der Waals surface area contributed by atoms with Crippen LogP contribution in [0.1, 0.15) is 54.4 Å². The van der Waals surface area contributed by atoms with Gasteiger partial charge in [0, 0.05) is 25.2 Å². The van der Waals surface area contributed by atoms with Gasteiger partial charge in [0.25, 0.3) is 5.91 Å². The predicted molar refractivity (Wildman–Crippen MR) is 93.1 cm³/mol. The monoisotopic (exact) mass is 314 g/mol. The van der Waals surface area contributed by atoms with E-state index in [4.69, 9.17) is 0 Å². The van der Waals surface area contributed by atoms with Gasteiger partial charge in [-0.15, -0.1) is 0 Å². The maximum Gasteiger partial charge on any atom is 0.251 e. The van der Waals surface area contributed by atoms with Crippen molar-refractivity contribution in [1.82, 2.24) is 10.6 Å². The second-order valence-electron chi connectivity index (χ2n) is 6.12. The molecule has 2 N–H and O–H groups in total. The molecule has 0 saturated heterocycles. The molecule has 0 radical (unpaired) electrons. The van der Waals surface area contributed by atoms with Crippen molar-refractivity contribution in [2.75, 3.05) is 13.6 Å². The molecule has 0 aromatic heterocycles. The van der Waals surface area contributed by atoms with E-state index in [1.807, 2.05) is 12.1 Å². The Hall–Kier alpha value is -2.10. The minimum Gasteiger partial charge on any atom is -0.355 e. The van der Waals surface area contributed by atoms with Gasteiger partial charge >= 0.3 is 0 Å². The quantitative estimate of drug-likeness (QED) is 0.600. The van der Waals surface area contributed by atoms with Gasteiger partial charge < -0.3 is 10.6 Å². The van der Waals surface area contributed by atoms with Gasteiger partial charge in [-0.3, -0.25) is 9.59 Å². The Kier molecular flexibility index (Phi) is 6.85. The maximum absolute atomic E-state index is 11.8. The minimum absolute atomic E-state index is 0.0631. The molecule has 124 valence electrons. The van der Waals surface area contributed by atoms with Gasteiger partial charge in [-0.25, -0.2) is 0 Å². The Morgan fingerprint density at radius 2 is 1.87 bits per heavy atom. The van der Waals surface area contributed by atoms with Gasteiger partial charge in [0.2, 0.25) is 5.91 Å². The molecule has 1 aliphatic rings. The van der Waals surface area contributed by atoms with Crippen molar-refractivity contribution in [3.8, 4) is 0 Å². The summed E-state index contributed by atoms with van der Waals surface area (Å²) in [6.07, 6.45) is 11.1. The van der Waals surface area contributed by atoms with E-state index in [-0.39, 0.29) is 11.8 Å². The van der Waals surface area contributed by atoms with Gasteiger partial charge in [-0.1, -0.05) is 37.8 Å². The van der Waals surface area contributed by atoms with Crippen LogP contribution in [0, 0.1) is 5.92 Å². The number of rotatable bonds is 7. The van der Waals surface area contributed by atoms with E-state index in [0.29, 0.717) is 5.56 Å². The molecule has 1 aliphatic carbocycles. The Morgan fingerprint density at radius 1 is 1.17 bits per heavy atom. The molecule has 1 aromatic rings. The number of benzene rings is 1. The predicted octanol–water partition coefficient (Wildman–Crippen LogP) is 3.15. The zero-order chi connectivity index (χ0) is 16.5. The summed E-state index contributed by atoms with van der Waals surface area (Å²) in [5.74, 6) is 0.702. The van der Waals surface area contributed by atoms with Crippen LogP contribution >= 0.6 is 0 Å². The number of nitrogens with one attached hydrogen (secondary N) is 2. The van der Waals surface area contributed by atoms with Gasteiger partial charge in [0.15, 0.2) is 0 Å². The Bertz CT molecular complexity index is 543. The summed E-state index contributed by atoms with van der Waals surface area (Å²) in [5, 5.41) is 5.50. The molecule has 0 spiro atoms. The van der Waals surface area contributed by atoms with Gasteiger partial charge in [-0.2, -0.15) is 0 Å². The van der Waals surface area contributed by atoms with E-state index in [9.17, 15) is 9.59 Å². The molecule has 0 aliphatic heterocycles. The Morgan fingerprint density at radius 3 is 2.52 bits per heavy atom. The zero-order valence-corrected chi connectivity index (χ0v) is 13.8. The van der Waals surface area contributed by atoms with E-state index >= 15 is 0 Å². The molecular formula is C19H26N2O2. The molecule has 2 amide bonds. The summed E-state index contributed by atoms with van der Waals surface area (Å²) in [5.41, 5.74) is 1.51. The SMILES string of the molecule is CNC(=O)c1ccc(/C=C/C(=O)NCCCC2CCCC2)cc1. The molecular weight excluding hydrogens is 288 g/mol. The second kappa shape index (κ2) is 9.13. The molecule has 1 aromatic carbocycles. The molecule has 0 atom stereocenters. The van der Waals surface area contributed by atoms with Crippen LogP contribution in [0.3, 0.4) is 0 Å². The summed E-state index contributed by atoms with van der Waals surface area (Å²) < 4.78 is 0. The molecule has 1 fully saturated rings. The van der Waals surface area contributed by atoms with Crippen LogP contribution in [0.5, 0.6) is 0 Å². The van der Waals surface area contributed by atoms with Crippen LogP contribution in [0.15, 0.2) is 30.3 Å². The third-order valence-corrected chi connectivity index (χ3v) is 4.39. The first-order valence-electron chi connectivity index (χ1n) is 8.47. The van der Waals surface area contributed by atoms with E-state index in [2.05, 4.69) is 10.6 Å². The summed E-state index contributed by atoms with van der Waals surface area (Å²) in [6, 6.07) is 7.15. The highest BCUT2D eigenvalue weighted by molar-refractivity contribution is 5.94. The maximum atomic E-state index is 11.8. The standard InChI is InChI=1S/C19H26N2O2/c1-20-19(23)17-11-8-16(9-12-17)10-13-18(22)21-14-4-7-15-5-2-3-6-15/h8-13,15H,2-7,14H2,1H3,(H,20,23)(H,21,22)/b13-10+. The highest BCUT2D eigenvalue weighted by atomic mass is 16.2. The number of amides is 2. The van der Waals surface area contributed by atoms with Crippen molar-refractivity contribution in [2.45, 2.75) is 38.5 Å². The molecule has 0 unspecified atom stereocenters. The molecule has 0 bridgehead atoms. The lowest BCUT2D eigenvalue weighted by Crippen LogP contribution is -2.22. The van der Waals surface area contributed by atoms with Crippen LogP contribution in [0.2, 0.25) is 0 Å². The number of hydrogen-bond donors (Lipinski definition) is 2. The third-order valence-electron chi connectivity index (χ3n) is 4.39. The number of carbonyl (C=O) groups excluding carboxylic acids is 2. The van der Waals surface area contributed by atoms with Crippen molar-refractivity contribution < 1.29 is 9.59 Å². The number of carbonyl (C=O) groups is 2. The van der Waals surface area contributed by atoms with Gasteiger partial charge in [0.05, 0.1) is 0 Å². The molecule has 4 heteroatoms. The molecule has 4 nitrogen and oxygen atoms in total. The lowest BCUT2D eigenvalue weighted by Gasteiger charge is -2.08. The molecule has 23 heavy (non-hydrogen) atoms. The molecule has 0 heterocycles. The molecule has 1 saturated carbocycles. The van der Waals surface area contributed by atoms with Crippen molar-refractivity contribution in [3.63, 3.8) is 0 Å². The largest absolute Gasteiger partial charge is 0.355 e. The first-order chi connectivity index (χ1) is 11.2. The lowest BCUT2D eigenvalue weighted by molar-refractivity contribution is -0.116. The van der Waals surface area contributed by atoms with Crippen molar-refractivity contribution >= 4 is 17.9 Å². The van der Waals surface area contributed by atoms with Crippen LogP contribution in [-0.4, -0.2) is 25.4 Å². The highest BCUT2D eigenvalue weighted by Gasteiger charge is 2.13. The summed E-state index contributed by atoms with van der Waals surface area (Å²) in [7, 11) is 1.60. The van der Waals surface area contributed by atoms with Gasteiger partial charge in [-0.05, 0) is 42.5 Å². The topological polar surface area (TPSA) is 58.2 Å². The first kappa shape index (κ1) is 17.3. The Labute approximate surface area is 138 Å². The van der Waals surface area contributed by atoms with E-state index in [1.54, 1.807) is 31.3 Å². The third kappa shape index (κ3) is 5.89. The van der Waals surface area contributed by atoms with Crippen LogP contribution in [0.25, 0.3) is 6.08 Å². The van der Waals surface area contributed by atoms with Crippen molar-refractivity contribution in [2.24, 2.45) is 5.92 Å².